The Kier molecular flexibility index (Phi) is 4.68. The fraction of sp³-hybridized carbons (Fsp3) is 0.632. The lowest BCUT2D eigenvalue weighted by Crippen LogP contribution is -2.46. The monoisotopic (exact) mass is 395 g/mol. The van der Waals surface area contributed by atoms with Gasteiger partial charge in [-0.3, -0.25) is 4.79 Å². The minimum atomic E-state index is -3.78. The van der Waals surface area contributed by atoms with Crippen LogP contribution >= 0.6 is 0 Å². The van der Waals surface area contributed by atoms with Crippen molar-refractivity contribution in [2.75, 3.05) is 33.4 Å². The molecule has 2 fully saturated rings. The summed E-state index contributed by atoms with van der Waals surface area (Å²) in [5.41, 5.74) is 0.659. The van der Waals surface area contributed by atoms with Crippen molar-refractivity contribution >= 4 is 16.0 Å². The molecule has 1 aromatic rings. The largest absolute Gasteiger partial charge is 0.496 e. The number of hydrogen-bond donors (Lipinski definition) is 1. The van der Waals surface area contributed by atoms with Crippen LogP contribution < -0.4 is 4.74 Å². The second-order valence-corrected chi connectivity index (χ2v) is 9.63. The average molecular weight is 395 g/mol. The van der Waals surface area contributed by atoms with E-state index in [1.54, 1.807) is 19.2 Å². The van der Waals surface area contributed by atoms with E-state index in [2.05, 4.69) is 0 Å². The Hall–Kier alpha value is -1.64. The summed E-state index contributed by atoms with van der Waals surface area (Å²) >= 11 is 0. The number of carbonyl (C=O) groups is 1. The number of rotatable bonds is 4. The Morgan fingerprint density at radius 3 is 2.70 bits per heavy atom. The molecule has 2 saturated heterocycles. The molecule has 2 atom stereocenters. The number of benzene rings is 1. The van der Waals surface area contributed by atoms with Gasteiger partial charge in [0.15, 0.2) is 0 Å². The van der Waals surface area contributed by atoms with Gasteiger partial charge in [-0.05, 0) is 61.3 Å². The van der Waals surface area contributed by atoms with Gasteiger partial charge in [0.2, 0.25) is 10.0 Å². The second kappa shape index (κ2) is 6.76. The second-order valence-electron chi connectivity index (χ2n) is 7.73. The number of aliphatic carboxylic acids is 1. The number of sulfonamides is 1. The van der Waals surface area contributed by atoms with Gasteiger partial charge in [0.25, 0.3) is 0 Å². The van der Waals surface area contributed by atoms with Crippen molar-refractivity contribution in [1.82, 2.24) is 4.31 Å². The van der Waals surface area contributed by atoms with E-state index in [4.69, 9.17) is 9.47 Å². The third kappa shape index (κ3) is 2.85. The standard InChI is InChI=1S/C19H25NO6S/c1-25-16-6-7-17(15-5-3-2-4-14(15)16)27(23,24)20-10-13-8-9-26-12-19(13,11-20)18(21)22/h6-7,13H,2-5,8-12H2,1H3,(H,21,22)/t13-,19+/m0/s1. The number of carboxylic acid groups (broad SMARTS) is 1. The predicted octanol–water partition coefficient (Wildman–Crippen LogP) is 1.69. The number of methoxy groups -OCH3 is 1. The summed E-state index contributed by atoms with van der Waals surface area (Å²) in [6, 6.07) is 3.33. The van der Waals surface area contributed by atoms with Crippen LogP contribution in [0, 0.1) is 11.3 Å². The molecule has 1 aliphatic carbocycles. The van der Waals surface area contributed by atoms with Gasteiger partial charge < -0.3 is 14.6 Å². The zero-order valence-corrected chi connectivity index (χ0v) is 16.3. The smallest absolute Gasteiger partial charge is 0.313 e. The van der Waals surface area contributed by atoms with Crippen LogP contribution in [0.2, 0.25) is 0 Å². The van der Waals surface area contributed by atoms with Crippen LogP contribution in [-0.2, 0) is 32.4 Å². The summed E-state index contributed by atoms with van der Waals surface area (Å²) in [6.07, 6.45) is 4.03. The van der Waals surface area contributed by atoms with Crippen LogP contribution in [-0.4, -0.2) is 57.2 Å². The average Bonchev–Trinajstić information content (AvgIpc) is 3.09. The lowest BCUT2D eigenvalue weighted by Gasteiger charge is -2.34. The summed E-state index contributed by atoms with van der Waals surface area (Å²) in [6.45, 7) is 0.750. The van der Waals surface area contributed by atoms with Crippen LogP contribution in [0.4, 0.5) is 0 Å². The Balaban J connectivity index is 1.74. The van der Waals surface area contributed by atoms with Gasteiger partial charge in [-0.15, -0.1) is 0 Å². The fourth-order valence-corrected chi connectivity index (χ4v) is 6.63. The molecule has 8 heteroatoms. The van der Waals surface area contributed by atoms with E-state index in [1.807, 2.05) is 0 Å². The Morgan fingerprint density at radius 1 is 1.30 bits per heavy atom. The number of hydrogen-bond acceptors (Lipinski definition) is 5. The predicted molar refractivity (Wildman–Crippen MR) is 97.4 cm³/mol. The highest BCUT2D eigenvalue weighted by atomic mass is 32.2. The van der Waals surface area contributed by atoms with Crippen LogP contribution in [0.25, 0.3) is 0 Å². The SMILES string of the molecule is COc1ccc(S(=O)(=O)N2C[C@@H]3CCOC[C@]3(C(=O)O)C2)c2c1CCCC2. The molecule has 148 valence electrons. The minimum Gasteiger partial charge on any atom is -0.496 e. The number of carboxylic acids is 1. The Bertz CT molecular complexity index is 867. The highest BCUT2D eigenvalue weighted by Crippen LogP contribution is 2.44. The van der Waals surface area contributed by atoms with Crippen LogP contribution in [0.3, 0.4) is 0 Å². The van der Waals surface area contributed by atoms with E-state index in [1.165, 1.54) is 4.31 Å². The maximum Gasteiger partial charge on any atom is 0.313 e. The molecule has 0 unspecified atom stereocenters. The summed E-state index contributed by atoms with van der Waals surface area (Å²) in [7, 11) is -2.18. The third-order valence-electron chi connectivity index (χ3n) is 6.35. The van der Waals surface area contributed by atoms with Crippen molar-refractivity contribution in [3.63, 3.8) is 0 Å². The van der Waals surface area contributed by atoms with Crippen molar-refractivity contribution in [2.24, 2.45) is 11.3 Å². The van der Waals surface area contributed by atoms with Crippen LogP contribution in [0.15, 0.2) is 17.0 Å². The van der Waals surface area contributed by atoms with Crippen LogP contribution in [0.5, 0.6) is 5.75 Å². The van der Waals surface area contributed by atoms with Gasteiger partial charge in [0.1, 0.15) is 11.2 Å². The van der Waals surface area contributed by atoms with E-state index in [0.29, 0.717) is 24.3 Å². The normalized spacial score (nSPS) is 28.4. The first-order valence-electron chi connectivity index (χ1n) is 9.40. The summed E-state index contributed by atoms with van der Waals surface area (Å²) < 4.78 is 39.1. The first-order valence-corrected chi connectivity index (χ1v) is 10.8. The van der Waals surface area contributed by atoms with Crippen molar-refractivity contribution in [1.29, 1.82) is 0 Å². The van der Waals surface area contributed by atoms with E-state index < -0.39 is 21.4 Å². The molecule has 0 aromatic heterocycles. The molecular weight excluding hydrogens is 370 g/mol. The highest BCUT2D eigenvalue weighted by Gasteiger charge is 2.56. The maximum atomic E-state index is 13.5. The first kappa shape index (κ1) is 18.7. The molecule has 3 aliphatic rings. The number of fused-ring (bicyclic) bond motifs is 2. The molecule has 1 N–H and O–H groups in total. The highest BCUT2D eigenvalue weighted by molar-refractivity contribution is 7.89. The molecule has 2 heterocycles. The first-order chi connectivity index (χ1) is 12.9. The molecule has 0 bridgehead atoms. The van der Waals surface area contributed by atoms with Crippen LogP contribution in [0.1, 0.15) is 30.4 Å². The van der Waals surface area contributed by atoms with Gasteiger partial charge >= 0.3 is 5.97 Å². The van der Waals surface area contributed by atoms with Gasteiger partial charge in [-0.1, -0.05) is 0 Å². The Morgan fingerprint density at radius 2 is 2.04 bits per heavy atom. The minimum absolute atomic E-state index is 0.0316. The lowest BCUT2D eigenvalue weighted by atomic mass is 9.76. The third-order valence-corrected chi connectivity index (χ3v) is 8.24. The molecule has 27 heavy (non-hydrogen) atoms. The van der Waals surface area contributed by atoms with Gasteiger partial charge in [-0.25, -0.2) is 8.42 Å². The number of nitrogens with zero attached hydrogens (tertiary/aromatic N) is 1. The topological polar surface area (TPSA) is 93.1 Å². The van der Waals surface area contributed by atoms with E-state index in [-0.39, 0.29) is 25.6 Å². The van der Waals surface area contributed by atoms with Crippen molar-refractivity contribution in [3.8, 4) is 5.75 Å². The molecule has 7 nitrogen and oxygen atoms in total. The molecule has 0 amide bonds. The van der Waals surface area contributed by atoms with Gasteiger partial charge in [0.05, 0.1) is 18.6 Å². The summed E-state index contributed by atoms with van der Waals surface area (Å²) in [5, 5.41) is 9.80. The maximum absolute atomic E-state index is 13.5. The van der Waals surface area contributed by atoms with Crippen molar-refractivity contribution < 1.29 is 27.8 Å². The molecule has 0 radical (unpaired) electrons. The van der Waals surface area contributed by atoms with Gasteiger partial charge in [0, 0.05) is 19.7 Å². The zero-order chi connectivity index (χ0) is 19.2. The molecular formula is C19H25NO6S. The van der Waals surface area contributed by atoms with E-state index >= 15 is 0 Å². The van der Waals surface area contributed by atoms with E-state index in [9.17, 15) is 18.3 Å². The quantitative estimate of drug-likeness (QED) is 0.834. The zero-order valence-electron chi connectivity index (χ0n) is 15.4. The molecule has 2 aliphatic heterocycles. The molecule has 1 aromatic carbocycles. The van der Waals surface area contributed by atoms with E-state index in [0.717, 1.165) is 36.1 Å². The summed E-state index contributed by atoms with van der Waals surface area (Å²) in [4.78, 5) is 12.3. The number of ether oxygens (including phenoxy) is 2. The summed E-state index contributed by atoms with van der Waals surface area (Å²) in [5.74, 6) is -0.455. The lowest BCUT2D eigenvalue weighted by molar-refractivity contribution is -0.159. The van der Waals surface area contributed by atoms with Gasteiger partial charge in [-0.2, -0.15) is 4.31 Å². The Labute approximate surface area is 159 Å². The fourth-order valence-electron chi connectivity index (χ4n) is 4.80. The molecule has 0 spiro atoms. The molecule has 4 rings (SSSR count). The van der Waals surface area contributed by atoms with Crippen molar-refractivity contribution in [3.05, 3.63) is 23.3 Å². The molecule has 0 saturated carbocycles. The van der Waals surface area contributed by atoms with Crippen molar-refractivity contribution in [2.45, 2.75) is 37.0 Å².